The van der Waals surface area contributed by atoms with Crippen LogP contribution in [-0.2, 0) is 17.8 Å². The van der Waals surface area contributed by atoms with E-state index in [1.807, 2.05) is 11.5 Å². The predicted molar refractivity (Wildman–Crippen MR) is 140 cm³/mol. The molecule has 0 bridgehead atoms. The lowest BCUT2D eigenvalue weighted by atomic mass is 10.2. The summed E-state index contributed by atoms with van der Waals surface area (Å²) in [6, 6.07) is 11.9. The molecular formula is C24H25Cl2N5O3S. The van der Waals surface area contributed by atoms with Gasteiger partial charge in [-0.25, -0.2) is 0 Å². The summed E-state index contributed by atoms with van der Waals surface area (Å²) >= 11 is 13.2. The summed E-state index contributed by atoms with van der Waals surface area (Å²) in [5, 5.41) is 15.4. The number of carbonyl (C=O) groups is 2. The van der Waals surface area contributed by atoms with Crippen molar-refractivity contribution >= 4 is 52.5 Å². The molecule has 0 aliphatic rings. The zero-order valence-electron chi connectivity index (χ0n) is 19.1. The van der Waals surface area contributed by atoms with Gasteiger partial charge < -0.3 is 19.9 Å². The highest BCUT2D eigenvalue weighted by Crippen LogP contribution is 2.23. The van der Waals surface area contributed by atoms with Crippen LogP contribution in [0.5, 0.6) is 5.75 Å². The summed E-state index contributed by atoms with van der Waals surface area (Å²) in [6.45, 7) is 7.10. The van der Waals surface area contributed by atoms with Crippen molar-refractivity contribution in [2.24, 2.45) is 0 Å². The first-order chi connectivity index (χ1) is 16.9. The van der Waals surface area contributed by atoms with Gasteiger partial charge in [-0.1, -0.05) is 41.0 Å². The largest absolute Gasteiger partial charge is 0.494 e. The third kappa shape index (κ3) is 7.74. The van der Waals surface area contributed by atoms with Crippen molar-refractivity contribution in [3.8, 4) is 5.75 Å². The lowest BCUT2D eigenvalue weighted by Gasteiger charge is -2.09. The molecule has 0 aliphatic heterocycles. The van der Waals surface area contributed by atoms with Crippen LogP contribution in [0, 0.1) is 0 Å². The van der Waals surface area contributed by atoms with E-state index < -0.39 is 0 Å². The Bertz CT molecular complexity index is 1180. The van der Waals surface area contributed by atoms with Gasteiger partial charge in [-0.2, -0.15) is 0 Å². The molecule has 1 heterocycles. The number of allylic oxidation sites excluding steroid dienone is 1. The Morgan fingerprint density at radius 1 is 1.14 bits per heavy atom. The van der Waals surface area contributed by atoms with Gasteiger partial charge in [0.25, 0.3) is 5.91 Å². The van der Waals surface area contributed by atoms with Crippen LogP contribution >= 0.6 is 35.0 Å². The summed E-state index contributed by atoms with van der Waals surface area (Å²) < 4.78 is 7.27. The number of carbonyl (C=O) groups excluding carboxylic acids is 2. The van der Waals surface area contributed by atoms with Gasteiger partial charge in [0.1, 0.15) is 11.6 Å². The number of amides is 2. The van der Waals surface area contributed by atoms with Crippen LogP contribution in [0.1, 0.15) is 23.1 Å². The fourth-order valence-corrected chi connectivity index (χ4v) is 4.14. The van der Waals surface area contributed by atoms with E-state index in [-0.39, 0.29) is 17.6 Å². The number of nitrogens with zero attached hydrogens (tertiary/aromatic N) is 3. The number of aromatic nitrogens is 3. The molecule has 184 valence electrons. The first kappa shape index (κ1) is 26.6. The summed E-state index contributed by atoms with van der Waals surface area (Å²) in [6.07, 6.45) is 2.18. The zero-order chi connectivity index (χ0) is 25.2. The van der Waals surface area contributed by atoms with Crippen molar-refractivity contribution in [3.63, 3.8) is 0 Å². The molecule has 0 aliphatic carbocycles. The monoisotopic (exact) mass is 533 g/mol. The van der Waals surface area contributed by atoms with Crippen LogP contribution in [0.25, 0.3) is 0 Å². The maximum absolute atomic E-state index is 12.4. The van der Waals surface area contributed by atoms with Crippen LogP contribution in [-0.4, -0.2) is 45.5 Å². The van der Waals surface area contributed by atoms with Crippen molar-refractivity contribution in [3.05, 3.63) is 76.6 Å². The molecule has 8 nitrogen and oxygen atoms in total. The van der Waals surface area contributed by atoms with Gasteiger partial charge in [-0.15, -0.1) is 16.8 Å². The fourth-order valence-electron chi connectivity index (χ4n) is 3.08. The predicted octanol–water partition coefficient (Wildman–Crippen LogP) is 4.87. The molecule has 0 spiro atoms. The van der Waals surface area contributed by atoms with E-state index in [4.69, 9.17) is 27.9 Å². The second kappa shape index (κ2) is 13.2. The minimum atomic E-state index is -0.265. The molecule has 2 amide bonds. The van der Waals surface area contributed by atoms with E-state index in [1.165, 1.54) is 17.8 Å². The Morgan fingerprint density at radius 3 is 2.60 bits per heavy atom. The van der Waals surface area contributed by atoms with E-state index in [2.05, 4.69) is 27.4 Å². The van der Waals surface area contributed by atoms with Crippen molar-refractivity contribution < 1.29 is 14.3 Å². The van der Waals surface area contributed by atoms with Crippen molar-refractivity contribution in [1.82, 2.24) is 20.1 Å². The van der Waals surface area contributed by atoms with Gasteiger partial charge in [0.05, 0.1) is 22.4 Å². The number of halogens is 2. The van der Waals surface area contributed by atoms with Crippen LogP contribution in [0.4, 0.5) is 5.69 Å². The minimum absolute atomic E-state index is 0.163. The Balaban J connectivity index is 1.53. The van der Waals surface area contributed by atoms with E-state index >= 15 is 0 Å². The number of benzene rings is 2. The van der Waals surface area contributed by atoms with Crippen LogP contribution in [0.15, 0.2) is 60.3 Å². The minimum Gasteiger partial charge on any atom is -0.494 e. The second-order valence-corrected chi connectivity index (χ2v) is 8.98. The maximum Gasteiger partial charge on any atom is 0.251 e. The topological polar surface area (TPSA) is 98.1 Å². The number of ether oxygens (including phenoxy) is 1. The highest BCUT2D eigenvalue weighted by molar-refractivity contribution is 7.99. The average molecular weight is 534 g/mol. The van der Waals surface area contributed by atoms with E-state index in [9.17, 15) is 9.59 Å². The molecule has 0 atom stereocenters. The number of hydrogen-bond donors (Lipinski definition) is 2. The molecule has 3 rings (SSSR count). The van der Waals surface area contributed by atoms with Crippen molar-refractivity contribution in [2.45, 2.75) is 25.0 Å². The standard InChI is InChI=1S/C24H25Cl2N5O3S/c1-3-13-31-21(11-12-27-23(33)16-5-10-19(25)20(26)14-16)29-30-24(31)35-15-22(32)28-17-6-8-18(9-7-17)34-4-2/h3,5-10,14H,1,4,11-13,15H2,2H3,(H,27,33)(H,28,32). The summed E-state index contributed by atoms with van der Waals surface area (Å²) in [5.74, 6) is 1.16. The summed E-state index contributed by atoms with van der Waals surface area (Å²) in [4.78, 5) is 24.8. The summed E-state index contributed by atoms with van der Waals surface area (Å²) in [7, 11) is 0. The molecule has 2 N–H and O–H groups in total. The summed E-state index contributed by atoms with van der Waals surface area (Å²) in [5.41, 5.74) is 1.10. The lowest BCUT2D eigenvalue weighted by Crippen LogP contribution is -2.26. The third-order valence-electron chi connectivity index (χ3n) is 4.70. The Hall–Kier alpha value is -3.01. The fraction of sp³-hybridized carbons (Fsp3) is 0.250. The molecule has 1 aromatic heterocycles. The number of thioether (sulfide) groups is 1. The van der Waals surface area contributed by atoms with Gasteiger partial charge >= 0.3 is 0 Å². The molecule has 0 radical (unpaired) electrons. The van der Waals surface area contributed by atoms with Crippen molar-refractivity contribution in [2.75, 3.05) is 24.2 Å². The highest BCUT2D eigenvalue weighted by Gasteiger charge is 2.15. The van der Waals surface area contributed by atoms with E-state index in [1.54, 1.807) is 42.5 Å². The van der Waals surface area contributed by atoms with Gasteiger partial charge in [0.15, 0.2) is 5.16 Å². The van der Waals surface area contributed by atoms with Gasteiger partial charge in [-0.3, -0.25) is 9.59 Å². The van der Waals surface area contributed by atoms with Gasteiger partial charge in [0.2, 0.25) is 5.91 Å². The number of rotatable bonds is 12. The van der Waals surface area contributed by atoms with Gasteiger partial charge in [-0.05, 0) is 49.4 Å². The van der Waals surface area contributed by atoms with Gasteiger partial charge in [0, 0.05) is 30.8 Å². The number of hydrogen-bond acceptors (Lipinski definition) is 6. The molecule has 2 aromatic carbocycles. The van der Waals surface area contributed by atoms with Crippen molar-refractivity contribution in [1.29, 1.82) is 0 Å². The van der Waals surface area contributed by atoms with E-state index in [0.29, 0.717) is 58.4 Å². The SMILES string of the molecule is C=CCn1c(CCNC(=O)c2ccc(Cl)c(Cl)c2)nnc1SCC(=O)Nc1ccc(OCC)cc1. The average Bonchev–Trinajstić information content (AvgIpc) is 3.22. The molecule has 35 heavy (non-hydrogen) atoms. The zero-order valence-corrected chi connectivity index (χ0v) is 21.4. The molecule has 0 saturated heterocycles. The Kier molecular flexibility index (Phi) is 10.0. The molecule has 0 unspecified atom stereocenters. The van der Waals surface area contributed by atoms with Crippen LogP contribution < -0.4 is 15.4 Å². The Morgan fingerprint density at radius 2 is 1.91 bits per heavy atom. The third-order valence-corrected chi connectivity index (χ3v) is 6.41. The molecule has 0 saturated carbocycles. The normalized spacial score (nSPS) is 10.6. The Labute approximate surface area is 218 Å². The smallest absolute Gasteiger partial charge is 0.251 e. The molecule has 3 aromatic rings. The second-order valence-electron chi connectivity index (χ2n) is 7.23. The highest BCUT2D eigenvalue weighted by atomic mass is 35.5. The quantitative estimate of drug-likeness (QED) is 0.254. The lowest BCUT2D eigenvalue weighted by molar-refractivity contribution is -0.113. The first-order valence-corrected chi connectivity index (χ1v) is 12.6. The van der Waals surface area contributed by atoms with Crippen LogP contribution in [0.2, 0.25) is 10.0 Å². The number of nitrogens with one attached hydrogen (secondary N) is 2. The van der Waals surface area contributed by atoms with Crippen LogP contribution in [0.3, 0.4) is 0 Å². The first-order valence-electron chi connectivity index (χ1n) is 10.8. The number of anilines is 1. The molecular weight excluding hydrogens is 509 g/mol. The van der Waals surface area contributed by atoms with E-state index in [0.717, 1.165) is 5.75 Å². The molecule has 11 heteroatoms. The molecule has 0 fully saturated rings. The maximum atomic E-state index is 12.4.